The maximum Gasteiger partial charge on any atom is 0.303 e. The van der Waals surface area contributed by atoms with Crippen LogP contribution in [0, 0.1) is 69.0 Å². The van der Waals surface area contributed by atoms with Gasteiger partial charge in [-0.1, -0.05) is 13.8 Å². The number of esters is 2. The van der Waals surface area contributed by atoms with Gasteiger partial charge in [0, 0.05) is 60.2 Å². The third-order valence-corrected chi connectivity index (χ3v) is 22.7. The number of ether oxygens (including phenoxy) is 8. The van der Waals surface area contributed by atoms with Crippen molar-refractivity contribution in [1.82, 2.24) is 0 Å². The highest BCUT2D eigenvalue weighted by Gasteiger charge is 2.93. The van der Waals surface area contributed by atoms with E-state index in [0.29, 0.717) is 46.7 Å². The van der Waals surface area contributed by atoms with E-state index in [1.807, 2.05) is 26.0 Å². The van der Waals surface area contributed by atoms with E-state index in [1.165, 1.54) is 13.8 Å². The molecule has 18 atom stereocenters. The third-order valence-electron chi connectivity index (χ3n) is 22.3. The van der Waals surface area contributed by atoms with E-state index in [2.05, 4.69) is 0 Å². The highest BCUT2D eigenvalue weighted by Crippen LogP contribution is 2.91. The summed E-state index contributed by atoms with van der Waals surface area (Å²) < 4.78 is 91.7. The normalized spacial score (nSPS) is 47.8. The quantitative estimate of drug-likeness (QED) is 0.0865. The van der Waals surface area contributed by atoms with Gasteiger partial charge in [-0.3, -0.25) is 28.8 Å². The lowest BCUT2D eigenvalue weighted by Gasteiger charge is -2.84. The minimum atomic E-state index is -2.02. The van der Waals surface area contributed by atoms with Crippen molar-refractivity contribution in [3.8, 4) is 0 Å². The maximum absolute atomic E-state index is 20.6. The van der Waals surface area contributed by atoms with Crippen LogP contribution in [0.1, 0.15) is 120 Å². The summed E-state index contributed by atoms with van der Waals surface area (Å²) >= 11 is 12.3. The molecule has 18 unspecified atom stereocenters. The number of Topliss-reactive ketones (excluding diaryl/α,β-unsaturated/α-hetero) is 2. The third kappa shape index (κ3) is 6.18. The molecule has 0 radical (unpaired) electrons. The molecule has 76 heavy (non-hydrogen) atoms. The van der Waals surface area contributed by atoms with Gasteiger partial charge in [-0.15, -0.1) is 23.2 Å². The van der Waals surface area contributed by atoms with Crippen molar-refractivity contribution < 1.29 is 75.4 Å². The van der Waals surface area contributed by atoms with E-state index in [0.717, 1.165) is 12.6 Å². The van der Waals surface area contributed by atoms with Gasteiger partial charge < -0.3 is 37.9 Å². The highest BCUT2D eigenvalue weighted by atomic mass is 35.5. The van der Waals surface area contributed by atoms with Gasteiger partial charge in [0.25, 0.3) is 0 Å². The van der Waals surface area contributed by atoms with Crippen molar-refractivity contribution >= 4 is 59.3 Å². The van der Waals surface area contributed by atoms with Crippen LogP contribution in [0.3, 0.4) is 0 Å². The van der Waals surface area contributed by atoms with Crippen LogP contribution in [0.25, 0.3) is 0 Å². The van der Waals surface area contributed by atoms with E-state index in [-0.39, 0.29) is 76.3 Å². The van der Waals surface area contributed by atoms with Crippen LogP contribution in [0.4, 0.5) is 8.78 Å². The van der Waals surface area contributed by atoms with Crippen LogP contribution in [-0.2, 0) is 66.7 Å². The number of carbonyl (C=O) groups excluding carboxylic acids is 6. The lowest BCUT2D eigenvalue weighted by Crippen LogP contribution is -2.87. The van der Waals surface area contributed by atoms with E-state index in [1.54, 1.807) is 27.7 Å². The minimum absolute atomic E-state index is 0.0458. The monoisotopic (exact) mass is 1100 g/mol. The summed E-state index contributed by atoms with van der Waals surface area (Å²) in [6, 6.07) is 0. The van der Waals surface area contributed by atoms with Crippen molar-refractivity contribution in [1.29, 1.82) is 0 Å². The molecule has 12 rings (SSSR count). The Morgan fingerprint density at radius 1 is 0.618 bits per heavy atom. The number of ketones is 2. The van der Waals surface area contributed by atoms with E-state index >= 15 is 18.4 Å². The van der Waals surface area contributed by atoms with Crippen LogP contribution in [0.2, 0.25) is 0 Å². The van der Waals surface area contributed by atoms with Gasteiger partial charge in [0.05, 0.1) is 35.5 Å². The number of rotatable bonds is 15. The van der Waals surface area contributed by atoms with Gasteiger partial charge in [-0.25, -0.2) is 8.78 Å². The molecule has 0 aromatic carbocycles. The number of hydrogen-bond acceptors (Lipinski definition) is 14. The number of halogens is 4. The average molecular weight is 1100 g/mol. The summed E-state index contributed by atoms with van der Waals surface area (Å²) in [6.45, 7) is 12.5. The molecule has 10 aliphatic carbocycles. The van der Waals surface area contributed by atoms with Crippen LogP contribution >= 0.6 is 23.2 Å². The fourth-order valence-corrected chi connectivity index (χ4v) is 20.9. The van der Waals surface area contributed by atoms with Crippen molar-refractivity contribution in [3.63, 3.8) is 0 Å². The molecule has 8 fully saturated rings. The van der Waals surface area contributed by atoms with Gasteiger partial charge >= 0.3 is 11.9 Å². The summed E-state index contributed by atoms with van der Waals surface area (Å²) in [7, 11) is 0. The first-order chi connectivity index (χ1) is 35.8. The first-order valence-electron chi connectivity index (χ1n) is 27.5. The smallest absolute Gasteiger partial charge is 0.303 e. The molecule has 2 heterocycles. The van der Waals surface area contributed by atoms with Gasteiger partial charge in [0.15, 0.2) is 36.0 Å². The van der Waals surface area contributed by atoms with Gasteiger partial charge in [0.1, 0.15) is 37.1 Å². The molecular weight excluding hydrogens is 1030 g/mol. The van der Waals surface area contributed by atoms with Gasteiger partial charge in [-0.05, 0) is 149 Å². The van der Waals surface area contributed by atoms with E-state index in [4.69, 9.17) is 61.1 Å². The van der Waals surface area contributed by atoms with Crippen LogP contribution in [-0.4, -0.2) is 121 Å². The number of allylic oxidation sites excluding steroid dienone is 8. The lowest BCUT2D eigenvalue weighted by molar-refractivity contribution is -0.380. The molecule has 414 valence electrons. The molecule has 0 aromatic rings. The zero-order valence-electron chi connectivity index (χ0n) is 44.6. The Kier molecular flexibility index (Phi) is 11.9. The summed E-state index contributed by atoms with van der Waals surface area (Å²) in [5, 5.41) is 0. The summed E-state index contributed by atoms with van der Waals surface area (Å²) in [5.41, 5.74) is -10.7. The molecular formula is C58H70Cl2F2O14. The lowest BCUT2D eigenvalue weighted by atomic mass is 9.20. The van der Waals surface area contributed by atoms with Crippen LogP contribution < -0.4 is 0 Å². The fraction of sp³-hybridized carbons (Fsp3) is 0.759. The Labute approximate surface area is 452 Å². The van der Waals surface area contributed by atoms with Crippen molar-refractivity contribution in [3.05, 3.63) is 46.0 Å². The van der Waals surface area contributed by atoms with E-state index < -0.39 is 152 Å². The summed E-state index contributed by atoms with van der Waals surface area (Å²) in [4.78, 5) is 82.9. The molecule has 6 saturated carbocycles. The van der Waals surface area contributed by atoms with Gasteiger partial charge in [0.2, 0.25) is 11.6 Å². The Morgan fingerprint density at radius 3 is 1.34 bits per heavy atom. The molecule has 14 nitrogen and oxygen atoms in total. The second kappa shape index (κ2) is 17.0. The van der Waals surface area contributed by atoms with Gasteiger partial charge in [-0.2, -0.15) is 0 Å². The largest absolute Gasteiger partial charge is 0.497 e. The summed E-state index contributed by atoms with van der Waals surface area (Å²) in [6.07, 6.45) is 5.37. The zero-order chi connectivity index (χ0) is 54.3. The van der Waals surface area contributed by atoms with Crippen LogP contribution in [0.15, 0.2) is 46.0 Å². The standard InChI is InChI=1S/C58H70Cl2F2O14/c1-29(65)71-27-43(67)57-45(73-49(3,4)75-57)21-37-39-17-31(25-63)35-19-33(69-15-13-59)9-11-53(35)47(41(55(39,53)61)23-51(37,57)7)48-42-24-52(8)38(22-46-58(52,76-50(5,6)74-46)44(68)28-72-30(2)66)40-18-32(26-64)36-20-34(70-16-14-60)10-12-54(36,48)56(40,42)62/h19-20,25-26,37-42,45-48H,9-18,21-24,27-28H2,1-8H3. The topological polar surface area (TPSA) is 176 Å². The maximum atomic E-state index is 20.6. The highest BCUT2D eigenvalue weighted by molar-refractivity contribution is 6.18. The molecule has 0 amide bonds. The van der Waals surface area contributed by atoms with Crippen LogP contribution in [0.5, 0.6) is 0 Å². The predicted molar refractivity (Wildman–Crippen MR) is 267 cm³/mol. The number of hydrogen-bond donors (Lipinski definition) is 0. The molecule has 0 N–H and O–H groups in total. The summed E-state index contributed by atoms with van der Waals surface area (Å²) in [5.74, 6) is -9.31. The zero-order valence-corrected chi connectivity index (χ0v) is 46.1. The Bertz CT molecular complexity index is 2570. The molecule has 2 saturated heterocycles. The average Bonchev–Trinajstić information content (AvgIpc) is 3.34. The molecule has 2 aliphatic heterocycles. The molecule has 18 heteroatoms. The molecule has 0 aromatic heterocycles. The number of carbonyl (C=O) groups is 6. The number of alkyl halides is 4. The van der Waals surface area contributed by atoms with Crippen molar-refractivity contribution in [2.45, 2.75) is 166 Å². The first kappa shape index (κ1) is 53.1. The van der Waals surface area contributed by atoms with E-state index in [9.17, 15) is 19.2 Å². The fourth-order valence-electron chi connectivity index (χ4n) is 20.7. The Morgan fingerprint density at radius 2 is 1.00 bits per heavy atom. The molecule has 2 spiro atoms. The minimum Gasteiger partial charge on any atom is -0.497 e. The second-order valence-electron chi connectivity index (χ2n) is 25.8. The van der Waals surface area contributed by atoms with Crippen molar-refractivity contribution in [2.24, 2.45) is 69.0 Å². The Balaban J connectivity index is 1.10. The number of fused-ring (bicyclic) bond motifs is 8. The SMILES string of the molecule is CC(=O)OCC(=O)C12OC(C)(C)OC1CC1C3CC(C=O)=C4C=C(OCCCl)CCC45C(C4C6CC7(C)C(CC8OC(C)(C)OC87C(=O)COC(C)=O)C7CC(C=O)=C8C=C(OCCCl)CCC84C76F)C(CC12C)C35F. The van der Waals surface area contributed by atoms with Crippen molar-refractivity contribution in [2.75, 3.05) is 38.2 Å². The first-order valence-corrected chi connectivity index (χ1v) is 28.5. The Hall–Kier alpha value is -3.54. The second-order valence-corrected chi connectivity index (χ2v) is 26.6. The molecule has 0 bridgehead atoms. The predicted octanol–water partition coefficient (Wildman–Crippen LogP) is 8.67. The molecule has 12 aliphatic rings. The number of aldehydes is 2.